The van der Waals surface area contributed by atoms with E-state index >= 15 is 0 Å². The molecule has 0 aliphatic heterocycles. The molecule has 0 aliphatic rings. The topological polar surface area (TPSA) is 48.4 Å². The third-order valence-electron chi connectivity index (χ3n) is 3.08. The molecule has 0 atom stereocenters. The number of hydrogen-bond donors (Lipinski definition) is 2. The maximum atomic E-state index is 8.90. The normalized spacial score (nSPS) is 12.4. The monoisotopic (exact) mass is 224 g/mol. The second-order valence-corrected chi connectivity index (χ2v) is 4.08. The van der Waals surface area contributed by atoms with Gasteiger partial charge in [-0.25, -0.2) is 0 Å². The highest BCUT2D eigenvalue weighted by atomic mass is 16.4. The first-order valence-electron chi connectivity index (χ1n) is 5.49. The molecule has 3 heteroatoms. The van der Waals surface area contributed by atoms with Crippen LogP contribution in [0, 0.1) is 0 Å². The third kappa shape index (κ3) is 1.40. The van der Waals surface area contributed by atoms with Crippen molar-refractivity contribution in [2.75, 3.05) is 0 Å². The summed E-state index contributed by atoms with van der Waals surface area (Å²) in [7, 11) is 0. The summed E-state index contributed by atoms with van der Waals surface area (Å²) in [6.45, 7) is 1.79. The van der Waals surface area contributed by atoms with Crippen molar-refractivity contribution < 1.29 is 5.21 Å². The third-order valence-corrected chi connectivity index (χ3v) is 3.08. The Bertz CT molecular complexity index is 725. The van der Waals surface area contributed by atoms with E-state index in [0.717, 1.165) is 22.0 Å². The molecule has 84 valence electrons. The van der Waals surface area contributed by atoms with E-state index in [1.54, 1.807) is 6.92 Å². The van der Waals surface area contributed by atoms with Gasteiger partial charge in [0.05, 0.1) is 11.2 Å². The van der Waals surface area contributed by atoms with Crippen molar-refractivity contribution in [2.45, 2.75) is 6.92 Å². The molecule has 2 N–H and O–H groups in total. The number of H-pyrrole nitrogens is 1. The predicted molar refractivity (Wildman–Crippen MR) is 69.8 cm³/mol. The van der Waals surface area contributed by atoms with E-state index in [0.29, 0.717) is 5.71 Å². The summed E-state index contributed by atoms with van der Waals surface area (Å²) >= 11 is 0. The van der Waals surface area contributed by atoms with Crippen LogP contribution in [-0.2, 0) is 0 Å². The van der Waals surface area contributed by atoms with E-state index in [1.165, 1.54) is 5.39 Å². The minimum absolute atomic E-state index is 0.613. The average Bonchev–Trinajstić information content (AvgIpc) is 2.76. The lowest BCUT2D eigenvalue weighted by atomic mass is 10.1. The molecule has 0 amide bonds. The summed E-state index contributed by atoms with van der Waals surface area (Å²) < 4.78 is 0. The van der Waals surface area contributed by atoms with Crippen LogP contribution in [-0.4, -0.2) is 15.9 Å². The molecule has 0 saturated heterocycles. The number of nitrogens with one attached hydrogen (secondary N) is 1. The van der Waals surface area contributed by atoms with Crippen molar-refractivity contribution in [1.29, 1.82) is 0 Å². The van der Waals surface area contributed by atoms with Crippen LogP contribution in [0.5, 0.6) is 0 Å². The van der Waals surface area contributed by atoms with Crippen LogP contribution in [0.4, 0.5) is 0 Å². The molecule has 0 radical (unpaired) electrons. The van der Waals surface area contributed by atoms with Crippen molar-refractivity contribution >= 4 is 27.5 Å². The molecule has 0 unspecified atom stereocenters. The number of fused-ring (bicyclic) bond motifs is 3. The predicted octanol–water partition coefficient (Wildman–Crippen LogP) is 3.52. The highest BCUT2D eigenvalue weighted by molar-refractivity contribution is 6.16. The number of aromatic amines is 1. The van der Waals surface area contributed by atoms with Gasteiger partial charge in [0.1, 0.15) is 0 Å². The summed E-state index contributed by atoms with van der Waals surface area (Å²) in [5, 5.41) is 14.5. The molecule has 0 spiro atoms. The van der Waals surface area contributed by atoms with Crippen LogP contribution in [0.2, 0.25) is 0 Å². The molecule has 17 heavy (non-hydrogen) atoms. The van der Waals surface area contributed by atoms with Crippen molar-refractivity contribution in [2.24, 2.45) is 5.16 Å². The van der Waals surface area contributed by atoms with E-state index < -0.39 is 0 Å². The van der Waals surface area contributed by atoms with Gasteiger partial charge in [0.25, 0.3) is 0 Å². The van der Waals surface area contributed by atoms with Gasteiger partial charge < -0.3 is 10.2 Å². The molecule has 3 aromatic rings. The Morgan fingerprint density at radius 1 is 1.06 bits per heavy atom. The molecular weight excluding hydrogens is 212 g/mol. The number of rotatable bonds is 1. The largest absolute Gasteiger partial charge is 0.411 e. The highest BCUT2D eigenvalue weighted by Gasteiger charge is 2.09. The van der Waals surface area contributed by atoms with Gasteiger partial charge in [-0.2, -0.15) is 0 Å². The van der Waals surface area contributed by atoms with Crippen LogP contribution in [0.25, 0.3) is 21.8 Å². The lowest BCUT2D eigenvalue weighted by Crippen LogP contribution is -1.95. The van der Waals surface area contributed by atoms with Gasteiger partial charge in [0.2, 0.25) is 0 Å². The molecular formula is C14H12N2O. The fourth-order valence-corrected chi connectivity index (χ4v) is 2.23. The Labute approximate surface area is 98.4 Å². The van der Waals surface area contributed by atoms with Gasteiger partial charge in [-0.1, -0.05) is 41.6 Å². The Balaban J connectivity index is 2.48. The highest BCUT2D eigenvalue weighted by Crippen LogP contribution is 2.27. The van der Waals surface area contributed by atoms with Crippen molar-refractivity contribution in [3.63, 3.8) is 0 Å². The molecule has 0 saturated carbocycles. The van der Waals surface area contributed by atoms with Crippen LogP contribution < -0.4 is 0 Å². The van der Waals surface area contributed by atoms with E-state index in [2.05, 4.69) is 22.3 Å². The van der Waals surface area contributed by atoms with Crippen LogP contribution >= 0.6 is 0 Å². The van der Waals surface area contributed by atoms with Crippen LogP contribution in [0.15, 0.2) is 47.6 Å². The van der Waals surface area contributed by atoms with Crippen LogP contribution in [0.1, 0.15) is 12.5 Å². The minimum atomic E-state index is 0.613. The fraction of sp³-hybridized carbons (Fsp3) is 0.0714. The van der Waals surface area contributed by atoms with Gasteiger partial charge in [-0.15, -0.1) is 0 Å². The van der Waals surface area contributed by atoms with E-state index in [-0.39, 0.29) is 0 Å². The average molecular weight is 224 g/mol. The van der Waals surface area contributed by atoms with Crippen molar-refractivity contribution in [3.05, 3.63) is 48.0 Å². The lowest BCUT2D eigenvalue weighted by Gasteiger charge is -2.00. The first-order valence-corrected chi connectivity index (χ1v) is 5.49. The molecule has 3 nitrogen and oxygen atoms in total. The Kier molecular flexibility index (Phi) is 2.11. The van der Waals surface area contributed by atoms with E-state index in [1.807, 2.05) is 30.3 Å². The minimum Gasteiger partial charge on any atom is -0.411 e. The molecule has 1 aromatic heterocycles. The zero-order valence-electron chi connectivity index (χ0n) is 9.44. The number of oxime groups is 1. The number of aromatic nitrogens is 1. The maximum absolute atomic E-state index is 8.90. The van der Waals surface area contributed by atoms with Gasteiger partial charge >= 0.3 is 0 Å². The zero-order valence-corrected chi connectivity index (χ0v) is 9.44. The number of benzene rings is 2. The van der Waals surface area contributed by atoms with Gasteiger partial charge in [-0.05, 0) is 13.0 Å². The van der Waals surface area contributed by atoms with E-state index in [9.17, 15) is 0 Å². The fourth-order valence-electron chi connectivity index (χ4n) is 2.23. The Morgan fingerprint density at radius 2 is 1.82 bits per heavy atom. The molecule has 0 fully saturated rings. The van der Waals surface area contributed by atoms with E-state index in [4.69, 9.17) is 5.21 Å². The standard InChI is InChI=1S/C14H12N2O/c1-9(16-17)10-6-4-7-12-11-5-2-3-8-13(11)15-14(10)12/h2-8,15,17H,1H3/b16-9+. The number of nitrogens with zero attached hydrogens (tertiary/aromatic N) is 1. The molecule has 0 bridgehead atoms. The lowest BCUT2D eigenvalue weighted by molar-refractivity contribution is 0.319. The second kappa shape index (κ2) is 3.63. The summed E-state index contributed by atoms with van der Waals surface area (Å²) in [5.41, 5.74) is 3.66. The Hall–Kier alpha value is -2.29. The summed E-state index contributed by atoms with van der Waals surface area (Å²) in [4.78, 5) is 3.37. The quantitative estimate of drug-likeness (QED) is 0.371. The first-order chi connectivity index (χ1) is 8.31. The van der Waals surface area contributed by atoms with Gasteiger partial charge in [0, 0.05) is 21.9 Å². The van der Waals surface area contributed by atoms with Crippen molar-refractivity contribution in [3.8, 4) is 0 Å². The SMILES string of the molecule is C/C(=N\O)c1cccc2c1[nH]c1ccccc12. The van der Waals surface area contributed by atoms with Crippen LogP contribution in [0.3, 0.4) is 0 Å². The molecule has 1 heterocycles. The zero-order chi connectivity index (χ0) is 11.8. The van der Waals surface area contributed by atoms with Gasteiger partial charge in [-0.3, -0.25) is 0 Å². The smallest absolute Gasteiger partial charge is 0.0858 e. The second-order valence-electron chi connectivity index (χ2n) is 4.08. The summed E-state index contributed by atoms with van der Waals surface area (Å²) in [6.07, 6.45) is 0. The molecule has 3 rings (SSSR count). The summed E-state index contributed by atoms with van der Waals surface area (Å²) in [5.74, 6) is 0. The maximum Gasteiger partial charge on any atom is 0.0858 e. The molecule has 2 aromatic carbocycles. The first kappa shape index (κ1) is 9.90. The Morgan fingerprint density at radius 3 is 2.65 bits per heavy atom. The van der Waals surface area contributed by atoms with Gasteiger partial charge in [0.15, 0.2) is 0 Å². The number of hydrogen-bond acceptors (Lipinski definition) is 2. The summed E-state index contributed by atoms with van der Waals surface area (Å²) in [6, 6.07) is 14.2. The van der Waals surface area contributed by atoms with Crippen molar-refractivity contribution in [1.82, 2.24) is 4.98 Å². The molecule has 0 aliphatic carbocycles. The number of para-hydroxylation sites is 2.